The molecule has 2 aromatic carbocycles. The van der Waals surface area contributed by atoms with E-state index in [-0.39, 0.29) is 5.75 Å². The van der Waals surface area contributed by atoms with E-state index in [9.17, 15) is 4.79 Å². The zero-order chi connectivity index (χ0) is 16.9. The maximum Gasteiger partial charge on any atom is 0.313 e. The highest BCUT2D eigenvalue weighted by Gasteiger charge is 2.10. The average molecular weight is 341 g/mol. The van der Waals surface area contributed by atoms with E-state index in [1.807, 2.05) is 48.5 Å². The lowest BCUT2D eigenvalue weighted by Gasteiger charge is -2.10. The van der Waals surface area contributed by atoms with E-state index < -0.39 is 5.97 Å². The number of anilines is 2. The number of thioether (sulfide) groups is 1. The monoisotopic (exact) mass is 341 g/mol. The van der Waals surface area contributed by atoms with E-state index in [4.69, 9.17) is 9.84 Å². The molecule has 2 N–H and O–H groups in total. The van der Waals surface area contributed by atoms with Crippen LogP contribution >= 0.6 is 11.8 Å². The lowest BCUT2D eigenvalue weighted by atomic mass is 10.2. The number of aromatic nitrogens is 2. The third-order valence-electron chi connectivity index (χ3n) is 3.23. The Balaban J connectivity index is 1.96. The number of rotatable bonds is 6. The molecule has 1 aromatic heterocycles. The van der Waals surface area contributed by atoms with Gasteiger partial charge in [-0.1, -0.05) is 36.0 Å². The Labute approximate surface area is 142 Å². The van der Waals surface area contributed by atoms with Crippen LogP contribution in [-0.2, 0) is 4.79 Å². The summed E-state index contributed by atoms with van der Waals surface area (Å²) < 4.78 is 5.20. The number of carboxylic acid groups (broad SMARTS) is 1. The first-order chi connectivity index (χ1) is 11.7. The van der Waals surface area contributed by atoms with E-state index in [1.165, 1.54) is 11.8 Å². The number of ether oxygens (including phenoxy) is 1. The highest BCUT2D eigenvalue weighted by Crippen LogP contribution is 2.28. The second-order valence-corrected chi connectivity index (χ2v) is 5.87. The molecule has 0 aliphatic carbocycles. The first-order valence-electron chi connectivity index (χ1n) is 7.18. The Hall–Kier alpha value is -2.80. The van der Waals surface area contributed by atoms with Crippen molar-refractivity contribution in [1.82, 2.24) is 9.97 Å². The molecule has 7 heteroatoms. The van der Waals surface area contributed by atoms with Gasteiger partial charge in [-0.25, -0.2) is 9.97 Å². The number of nitrogens with one attached hydrogen (secondary N) is 1. The van der Waals surface area contributed by atoms with Crippen LogP contribution in [0.15, 0.2) is 53.6 Å². The van der Waals surface area contributed by atoms with Crippen molar-refractivity contribution >= 4 is 40.3 Å². The van der Waals surface area contributed by atoms with Crippen LogP contribution in [0.2, 0.25) is 0 Å². The largest absolute Gasteiger partial charge is 0.497 e. The smallest absolute Gasteiger partial charge is 0.313 e. The van der Waals surface area contributed by atoms with Crippen LogP contribution in [0.5, 0.6) is 5.75 Å². The maximum absolute atomic E-state index is 10.9. The van der Waals surface area contributed by atoms with Crippen molar-refractivity contribution < 1.29 is 14.6 Å². The van der Waals surface area contributed by atoms with Gasteiger partial charge >= 0.3 is 5.97 Å². The van der Waals surface area contributed by atoms with Gasteiger partial charge in [0.2, 0.25) is 5.95 Å². The predicted octanol–water partition coefficient (Wildman–Crippen LogP) is 3.56. The molecule has 3 aromatic rings. The standard InChI is InChI=1S/C17H15N3O3S/c1-23-12-6-4-5-11(9-12)18-17-19-14-8-3-2-7-13(14)16(20-17)24-10-15(21)22/h2-9H,10H2,1H3,(H,21,22)(H,18,19,20). The van der Waals surface area contributed by atoms with Gasteiger partial charge < -0.3 is 15.2 Å². The first kappa shape index (κ1) is 16.1. The SMILES string of the molecule is COc1cccc(Nc2nc(SCC(=O)O)c3ccccc3n2)c1. The molecule has 0 fully saturated rings. The summed E-state index contributed by atoms with van der Waals surface area (Å²) in [4.78, 5) is 19.8. The molecule has 0 radical (unpaired) electrons. The molecule has 6 nitrogen and oxygen atoms in total. The number of carboxylic acids is 1. The van der Waals surface area contributed by atoms with E-state index in [0.717, 1.165) is 22.3 Å². The van der Waals surface area contributed by atoms with Gasteiger partial charge in [0.05, 0.1) is 18.4 Å². The fourth-order valence-electron chi connectivity index (χ4n) is 2.17. The number of carbonyl (C=O) groups is 1. The zero-order valence-electron chi connectivity index (χ0n) is 12.9. The van der Waals surface area contributed by atoms with Gasteiger partial charge in [0.25, 0.3) is 0 Å². The van der Waals surface area contributed by atoms with E-state index >= 15 is 0 Å². The summed E-state index contributed by atoms with van der Waals surface area (Å²) in [7, 11) is 1.60. The fraction of sp³-hybridized carbons (Fsp3) is 0.118. The molecule has 0 unspecified atom stereocenters. The van der Waals surface area contributed by atoms with Crippen molar-refractivity contribution in [3.8, 4) is 5.75 Å². The van der Waals surface area contributed by atoms with Crippen molar-refractivity contribution in [3.63, 3.8) is 0 Å². The Morgan fingerprint density at radius 1 is 1.21 bits per heavy atom. The molecule has 0 atom stereocenters. The van der Waals surface area contributed by atoms with Crippen molar-refractivity contribution in [2.45, 2.75) is 5.03 Å². The number of benzene rings is 2. The van der Waals surface area contributed by atoms with Gasteiger partial charge in [0.15, 0.2) is 0 Å². The Morgan fingerprint density at radius 2 is 2.04 bits per heavy atom. The van der Waals surface area contributed by atoms with Crippen molar-refractivity contribution in [1.29, 1.82) is 0 Å². The second kappa shape index (κ2) is 7.18. The van der Waals surface area contributed by atoms with Crippen LogP contribution in [0.1, 0.15) is 0 Å². The maximum atomic E-state index is 10.9. The molecule has 24 heavy (non-hydrogen) atoms. The minimum atomic E-state index is -0.884. The highest BCUT2D eigenvalue weighted by atomic mass is 32.2. The molecule has 1 heterocycles. The van der Waals surface area contributed by atoms with Crippen LogP contribution in [0.25, 0.3) is 10.9 Å². The minimum Gasteiger partial charge on any atom is -0.497 e. The quantitative estimate of drug-likeness (QED) is 0.524. The zero-order valence-corrected chi connectivity index (χ0v) is 13.7. The van der Waals surface area contributed by atoms with Crippen LogP contribution < -0.4 is 10.1 Å². The van der Waals surface area contributed by atoms with Crippen LogP contribution in [0.3, 0.4) is 0 Å². The lowest BCUT2D eigenvalue weighted by molar-refractivity contribution is -0.133. The van der Waals surface area contributed by atoms with Crippen molar-refractivity contribution in [2.75, 3.05) is 18.2 Å². The predicted molar refractivity (Wildman–Crippen MR) is 94.2 cm³/mol. The van der Waals surface area contributed by atoms with Gasteiger partial charge in [-0.05, 0) is 18.2 Å². The van der Waals surface area contributed by atoms with E-state index in [0.29, 0.717) is 11.0 Å². The molecule has 0 saturated heterocycles. The Kier molecular flexibility index (Phi) is 4.81. The van der Waals surface area contributed by atoms with Gasteiger partial charge in [-0.3, -0.25) is 4.79 Å². The molecular formula is C17H15N3O3S. The number of para-hydroxylation sites is 1. The molecule has 0 bridgehead atoms. The number of fused-ring (bicyclic) bond motifs is 1. The molecule has 0 spiro atoms. The Morgan fingerprint density at radius 3 is 2.83 bits per heavy atom. The molecule has 0 aliphatic heterocycles. The number of methoxy groups -OCH3 is 1. The number of nitrogens with zero attached hydrogens (tertiary/aromatic N) is 2. The highest BCUT2D eigenvalue weighted by molar-refractivity contribution is 8.00. The van der Waals surface area contributed by atoms with Gasteiger partial charge in [-0.2, -0.15) is 0 Å². The molecule has 122 valence electrons. The molecule has 0 aliphatic rings. The van der Waals surface area contributed by atoms with Crippen molar-refractivity contribution in [3.05, 3.63) is 48.5 Å². The summed E-state index contributed by atoms with van der Waals surface area (Å²) in [6.07, 6.45) is 0. The van der Waals surface area contributed by atoms with Crippen LogP contribution in [0.4, 0.5) is 11.6 Å². The summed E-state index contributed by atoms with van der Waals surface area (Å²) in [5, 5.41) is 13.5. The van der Waals surface area contributed by atoms with Crippen LogP contribution in [-0.4, -0.2) is 33.9 Å². The fourth-order valence-corrected chi connectivity index (χ4v) is 2.91. The van der Waals surface area contributed by atoms with Gasteiger partial charge in [-0.15, -0.1) is 0 Å². The molecular weight excluding hydrogens is 326 g/mol. The third-order valence-corrected chi connectivity index (χ3v) is 4.20. The van der Waals surface area contributed by atoms with Crippen molar-refractivity contribution in [2.24, 2.45) is 0 Å². The topological polar surface area (TPSA) is 84.3 Å². The molecule has 0 saturated carbocycles. The average Bonchev–Trinajstić information content (AvgIpc) is 2.59. The summed E-state index contributed by atoms with van der Waals surface area (Å²) in [5.41, 5.74) is 1.55. The van der Waals surface area contributed by atoms with Gasteiger partial charge in [0.1, 0.15) is 10.8 Å². The molecule has 3 rings (SSSR count). The third kappa shape index (κ3) is 3.75. The van der Waals surface area contributed by atoms with Gasteiger partial charge in [0, 0.05) is 17.1 Å². The summed E-state index contributed by atoms with van der Waals surface area (Å²) in [5.74, 6) is 0.195. The van der Waals surface area contributed by atoms with E-state index in [1.54, 1.807) is 7.11 Å². The number of hydrogen-bond acceptors (Lipinski definition) is 6. The Bertz CT molecular complexity index is 886. The summed E-state index contributed by atoms with van der Waals surface area (Å²) in [6.45, 7) is 0. The number of aliphatic carboxylic acids is 1. The first-order valence-corrected chi connectivity index (χ1v) is 8.17. The number of hydrogen-bond donors (Lipinski definition) is 2. The lowest BCUT2D eigenvalue weighted by Crippen LogP contribution is -2.02. The van der Waals surface area contributed by atoms with E-state index in [2.05, 4.69) is 15.3 Å². The summed E-state index contributed by atoms with van der Waals surface area (Å²) in [6, 6.07) is 15.0. The normalized spacial score (nSPS) is 10.5. The molecule has 0 amide bonds. The summed E-state index contributed by atoms with van der Waals surface area (Å²) >= 11 is 1.18. The second-order valence-electron chi connectivity index (χ2n) is 4.91. The van der Waals surface area contributed by atoms with Crippen LogP contribution in [0, 0.1) is 0 Å². The minimum absolute atomic E-state index is 0.0559.